The number of sulfonamides is 1. The second-order valence-corrected chi connectivity index (χ2v) is 13.4. The molecular formula is C23H43Cl2N3O4S. The molecule has 7 atom stereocenters. The molecule has 2 aliphatic carbocycles. The van der Waals surface area contributed by atoms with Crippen LogP contribution in [0.5, 0.6) is 0 Å². The highest BCUT2D eigenvalue weighted by molar-refractivity contribution is 7.90. The molecule has 1 saturated heterocycles. The molecule has 3 aliphatic rings. The van der Waals surface area contributed by atoms with Crippen molar-refractivity contribution >= 4 is 33.2 Å². The fourth-order valence-corrected chi connectivity index (χ4v) is 8.71. The number of rotatable bonds is 12. The Morgan fingerprint density at radius 3 is 2.45 bits per heavy atom. The molecule has 7 unspecified atom stereocenters. The minimum Gasteiger partial charge on any atom is -0.379 e. The third kappa shape index (κ3) is 8.17. The highest BCUT2D eigenvalue weighted by atomic mass is 35.5. The lowest BCUT2D eigenvalue weighted by molar-refractivity contribution is 0.0109. The van der Waals surface area contributed by atoms with E-state index in [1.165, 1.54) is 0 Å². The van der Waals surface area contributed by atoms with Crippen molar-refractivity contribution in [2.45, 2.75) is 60.9 Å². The molecule has 0 bridgehead atoms. The Morgan fingerprint density at radius 2 is 1.70 bits per heavy atom. The fourth-order valence-electron chi connectivity index (χ4n) is 6.16. The van der Waals surface area contributed by atoms with Gasteiger partial charge in [-0.05, 0) is 69.4 Å². The van der Waals surface area contributed by atoms with Crippen LogP contribution in [-0.4, -0.2) is 89.0 Å². The standard InChI is InChI=1S/C23H43Cl2N3O4S/c1-28-15-21(20-13-18(24)14-23(25)22(20)16-28)17-4-2-5-19(12-17)33(29,30)27-7-9-32-11-10-31-8-3-6-26/h17-23,27H,2-16,26H2,1H3. The van der Waals surface area contributed by atoms with Crippen molar-refractivity contribution in [2.24, 2.45) is 29.4 Å². The zero-order valence-electron chi connectivity index (χ0n) is 20.0. The van der Waals surface area contributed by atoms with E-state index in [4.69, 9.17) is 38.4 Å². The third-order valence-electron chi connectivity index (χ3n) is 7.74. The van der Waals surface area contributed by atoms with Crippen LogP contribution in [0.3, 0.4) is 0 Å². The highest BCUT2D eigenvalue weighted by Crippen LogP contribution is 2.48. The van der Waals surface area contributed by atoms with E-state index in [0.29, 0.717) is 63.2 Å². The topological polar surface area (TPSA) is 93.9 Å². The van der Waals surface area contributed by atoms with Gasteiger partial charge < -0.3 is 20.1 Å². The van der Waals surface area contributed by atoms with Crippen LogP contribution in [-0.2, 0) is 19.5 Å². The zero-order valence-corrected chi connectivity index (χ0v) is 22.3. The van der Waals surface area contributed by atoms with Crippen LogP contribution in [0.2, 0.25) is 0 Å². The van der Waals surface area contributed by atoms with Gasteiger partial charge in [0, 0.05) is 37.0 Å². The Labute approximate surface area is 210 Å². The molecular weight excluding hydrogens is 485 g/mol. The first-order valence-electron chi connectivity index (χ1n) is 12.6. The lowest BCUT2D eigenvalue weighted by atomic mass is 9.63. The molecule has 10 heteroatoms. The Kier molecular flexibility index (Phi) is 11.5. The first-order valence-corrected chi connectivity index (χ1v) is 15.0. The third-order valence-corrected chi connectivity index (χ3v) is 10.5. The van der Waals surface area contributed by atoms with Crippen LogP contribution >= 0.6 is 23.2 Å². The maximum atomic E-state index is 13.0. The van der Waals surface area contributed by atoms with Crippen LogP contribution in [0.4, 0.5) is 0 Å². The lowest BCUT2D eigenvalue weighted by Crippen LogP contribution is -2.54. The number of halogens is 2. The molecule has 0 amide bonds. The number of hydrogen-bond donors (Lipinski definition) is 2. The summed E-state index contributed by atoms with van der Waals surface area (Å²) in [7, 11) is -1.20. The quantitative estimate of drug-likeness (QED) is 0.299. The molecule has 0 aromatic rings. The van der Waals surface area contributed by atoms with Crippen LogP contribution in [0.1, 0.15) is 44.9 Å². The summed E-state index contributed by atoms with van der Waals surface area (Å²) in [6.07, 6.45) is 6.23. The number of ether oxygens (including phenoxy) is 2. The lowest BCUT2D eigenvalue weighted by Gasteiger charge is -2.51. The Hall–Kier alpha value is 0.330. The zero-order chi connectivity index (χ0) is 23.8. The number of nitrogens with two attached hydrogens (primary N) is 1. The van der Waals surface area contributed by atoms with Gasteiger partial charge in [-0.1, -0.05) is 12.8 Å². The molecule has 3 N–H and O–H groups in total. The van der Waals surface area contributed by atoms with Gasteiger partial charge in [0.2, 0.25) is 10.0 Å². The van der Waals surface area contributed by atoms with E-state index in [9.17, 15) is 8.42 Å². The molecule has 0 radical (unpaired) electrons. The summed E-state index contributed by atoms with van der Waals surface area (Å²) >= 11 is 13.3. The van der Waals surface area contributed by atoms with E-state index in [1.54, 1.807) is 0 Å². The van der Waals surface area contributed by atoms with Gasteiger partial charge in [-0.2, -0.15) is 0 Å². The molecule has 3 fully saturated rings. The fraction of sp³-hybridized carbons (Fsp3) is 1.00. The number of likely N-dealkylation sites (tertiary alicyclic amines) is 1. The smallest absolute Gasteiger partial charge is 0.214 e. The van der Waals surface area contributed by atoms with Gasteiger partial charge in [-0.3, -0.25) is 0 Å². The van der Waals surface area contributed by atoms with Gasteiger partial charge >= 0.3 is 0 Å². The van der Waals surface area contributed by atoms with Gasteiger partial charge in [0.15, 0.2) is 0 Å². The van der Waals surface area contributed by atoms with Crippen LogP contribution in [0.25, 0.3) is 0 Å². The number of hydrogen-bond acceptors (Lipinski definition) is 6. The van der Waals surface area contributed by atoms with Gasteiger partial charge in [-0.25, -0.2) is 13.1 Å². The Bertz CT molecular complexity index is 687. The molecule has 0 aromatic heterocycles. The second-order valence-electron chi connectivity index (χ2n) is 10.2. The van der Waals surface area contributed by atoms with Crippen LogP contribution in [0, 0.1) is 23.7 Å². The number of piperidine rings is 1. The van der Waals surface area contributed by atoms with E-state index < -0.39 is 10.0 Å². The molecule has 7 nitrogen and oxygen atoms in total. The summed E-state index contributed by atoms with van der Waals surface area (Å²) in [4.78, 5) is 2.39. The summed E-state index contributed by atoms with van der Waals surface area (Å²) in [6, 6.07) is 0. The van der Waals surface area contributed by atoms with Gasteiger partial charge in [0.05, 0.1) is 25.1 Å². The number of alkyl halides is 2. The molecule has 1 heterocycles. The van der Waals surface area contributed by atoms with E-state index in [1.807, 2.05) is 0 Å². The molecule has 33 heavy (non-hydrogen) atoms. The van der Waals surface area contributed by atoms with Crippen molar-refractivity contribution in [2.75, 3.05) is 59.7 Å². The Morgan fingerprint density at radius 1 is 0.970 bits per heavy atom. The normalized spacial score (nSPS) is 35.9. The van der Waals surface area contributed by atoms with Crippen LogP contribution < -0.4 is 10.5 Å². The number of nitrogens with zero attached hydrogens (tertiary/aromatic N) is 1. The van der Waals surface area contributed by atoms with Crippen molar-refractivity contribution in [1.29, 1.82) is 0 Å². The van der Waals surface area contributed by atoms with Crippen LogP contribution in [0.15, 0.2) is 0 Å². The van der Waals surface area contributed by atoms with E-state index in [0.717, 1.165) is 58.0 Å². The van der Waals surface area contributed by atoms with Crippen molar-refractivity contribution < 1.29 is 17.9 Å². The predicted molar refractivity (Wildman–Crippen MR) is 134 cm³/mol. The largest absolute Gasteiger partial charge is 0.379 e. The molecule has 0 spiro atoms. The number of fused-ring (bicyclic) bond motifs is 1. The van der Waals surface area contributed by atoms with Gasteiger partial charge in [0.1, 0.15) is 0 Å². The average Bonchev–Trinajstić information content (AvgIpc) is 2.78. The SMILES string of the molecule is CN1CC2C(Cl)CC(Cl)CC2C(C2CCCC(S(=O)(=O)NCCOCCOCCCN)C2)C1. The first kappa shape index (κ1) is 27.9. The van der Waals surface area contributed by atoms with Crippen molar-refractivity contribution in [3.8, 4) is 0 Å². The highest BCUT2D eigenvalue weighted by Gasteiger charge is 2.47. The van der Waals surface area contributed by atoms with Crippen molar-refractivity contribution in [1.82, 2.24) is 9.62 Å². The summed E-state index contributed by atoms with van der Waals surface area (Å²) in [6.45, 7) is 4.88. The predicted octanol–water partition coefficient (Wildman–Crippen LogP) is 2.65. The monoisotopic (exact) mass is 527 g/mol. The molecule has 194 valence electrons. The maximum absolute atomic E-state index is 13.0. The number of nitrogens with one attached hydrogen (secondary N) is 1. The molecule has 3 rings (SSSR count). The summed E-state index contributed by atoms with van der Waals surface area (Å²) in [5, 5.41) is -0.0773. The van der Waals surface area contributed by atoms with Gasteiger partial charge in [0.25, 0.3) is 0 Å². The molecule has 0 aromatic carbocycles. The van der Waals surface area contributed by atoms with E-state index in [2.05, 4.69) is 16.7 Å². The Balaban J connectivity index is 1.47. The maximum Gasteiger partial charge on any atom is 0.214 e. The van der Waals surface area contributed by atoms with E-state index >= 15 is 0 Å². The van der Waals surface area contributed by atoms with Gasteiger partial charge in [-0.15, -0.1) is 23.2 Å². The van der Waals surface area contributed by atoms with E-state index in [-0.39, 0.29) is 16.0 Å². The average molecular weight is 529 g/mol. The molecule has 2 saturated carbocycles. The minimum atomic E-state index is -3.36. The summed E-state index contributed by atoms with van der Waals surface area (Å²) < 4.78 is 39.7. The molecule has 1 aliphatic heterocycles. The first-order chi connectivity index (χ1) is 15.8. The summed E-state index contributed by atoms with van der Waals surface area (Å²) in [5.41, 5.74) is 5.42. The van der Waals surface area contributed by atoms with Crippen molar-refractivity contribution in [3.63, 3.8) is 0 Å². The second kappa shape index (κ2) is 13.6. The minimum absolute atomic E-state index is 0.118. The summed E-state index contributed by atoms with van der Waals surface area (Å²) in [5.74, 6) is 1.83. The van der Waals surface area contributed by atoms with Crippen molar-refractivity contribution in [3.05, 3.63) is 0 Å².